The van der Waals surface area contributed by atoms with Crippen molar-refractivity contribution in [3.05, 3.63) is 29.4 Å². The third kappa shape index (κ3) is 1.98. The lowest BCUT2D eigenvalue weighted by Crippen LogP contribution is -1.92. The van der Waals surface area contributed by atoms with Crippen LogP contribution in [0.25, 0.3) is 10.6 Å². The fourth-order valence-corrected chi connectivity index (χ4v) is 2.13. The van der Waals surface area contributed by atoms with Gasteiger partial charge in [-0.15, -0.1) is 11.3 Å². The molecule has 0 aromatic carbocycles. The molecular weight excluding hydrogens is 210 g/mol. The van der Waals surface area contributed by atoms with Crippen molar-refractivity contribution in [2.24, 2.45) is 5.73 Å². The first-order valence-corrected chi connectivity index (χ1v) is 5.31. The van der Waals surface area contributed by atoms with Crippen LogP contribution in [0.4, 0.5) is 0 Å². The Morgan fingerprint density at radius 3 is 2.80 bits per heavy atom. The van der Waals surface area contributed by atoms with Gasteiger partial charge in [-0.1, -0.05) is 0 Å². The van der Waals surface area contributed by atoms with E-state index in [-0.39, 0.29) is 0 Å². The molecule has 0 radical (unpaired) electrons. The molecule has 15 heavy (non-hydrogen) atoms. The smallest absolute Gasteiger partial charge is 0.241 e. The van der Waals surface area contributed by atoms with Gasteiger partial charge in [-0.05, 0) is 12.1 Å². The van der Waals surface area contributed by atoms with Gasteiger partial charge < -0.3 is 10.5 Å². The van der Waals surface area contributed by atoms with Gasteiger partial charge in [0.15, 0.2) is 0 Å². The summed E-state index contributed by atoms with van der Waals surface area (Å²) in [6.07, 6.45) is 3.26. The van der Waals surface area contributed by atoms with Crippen LogP contribution in [0.1, 0.15) is 4.88 Å². The van der Waals surface area contributed by atoms with Crippen LogP contribution in [0, 0.1) is 0 Å². The van der Waals surface area contributed by atoms with Crippen LogP contribution in [-0.4, -0.2) is 17.1 Å². The molecule has 0 saturated carbocycles. The minimum atomic E-state index is 0.544. The predicted molar refractivity (Wildman–Crippen MR) is 59.8 cm³/mol. The first-order chi connectivity index (χ1) is 7.35. The van der Waals surface area contributed by atoms with Crippen LogP contribution >= 0.6 is 11.3 Å². The molecule has 2 aromatic rings. The predicted octanol–water partition coefficient (Wildman–Crippen LogP) is 1.67. The van der Waals surface area contributed by atoms with E-state index in [4.69, 9.17) is 10.5 Å². The summed E-state index contributed by atoms with van der Waals surface area (Å²) in [4.78, 5) is 10.5. The molecule has 0 spiro atoms. The molecule has 0 aliphatic carbocycles. The van der Waals surface area contributed by atoms with E-state index in [1.54, 1.807) is 30.8 Å². The lowest BCUT2D eigenvalue weighted by atomic mass is 10.3. The van der Waals surface area contributed by atoms with Crippen LogP contribution in [0.3, 0.4) is 0 Å². The summed E-state index contributed by atoms with van der Waals surface area (Å²) in [7, 11) is 1.59. The lowest BCUT2D eigenvalue weighted by Gasteiger charge is -2.02. The van der Waals surface area contributed by atoms with Crippen molar-refractivity contribution in [2.45, 2.75) is 6.54 Å². The van der Waals surface area contributed by atoms with Gasteiger partial charge in [-0.2, -0.15) is 0 Å². The molecule has 0 saturated heterocycles. The summed E-state index contributed by atoms with van der Waals surface area (Å²) in [6.45, 7) is 0.549. The molecule has 0 fully saturated rings. The summed E-state index contributed by atoms with van der Waals surface area (Å²) in [5, 5.41) is 0. The average molecular weight is 221 g/mol. The van der Waals surface area contributed by atoms with Crippen molar-refractivity contribution in [3.63, 3.8) is 0 Å². The first kappa shape index (κ1) is 10.1. The van der Waals surface area contributed by atoms with Crippen molar-refractivity contribution in [2.75, 3.05) is 7.11 Å². The SMILES string of the molecule is COc1nccnc1-c1ccc(CN)s1. The summed E-state index contributed by atoms with van der Waals surface area (Å²) < 4.78 is 5.14. The maximum atomic E-state index is 5.55. The number of rotatable bonds is 3. The highest BCUT2D eigenvalue weighted by Crippen LogP contribution is 2.31. The molecule has 0 atom stereocenters. The van der Waals surface area contributed by atoms with Gasteiger partial charge in [0.2, 0.25) is 5.88 Å². The zero-order valence-electron chi connectivity index (χ0n) is 8.30. The molecule has 5 heteroatoms. The molecule has 0 aliphatic rings. The molecule has 4 nitrogen and oxygen atoms in total. The fourth-order valence-electron chi connectivity index (χ4n) is 1.26. The Kier molecular flexibility index (Phi) is 2.94. The Morgan fingerprint density at radius 1 is 1.33 bits per heavy atom. The van der Waals surface area contributed by atoms with Gasteiger partial charge in [0.1, 0.15) is 5.69 Å². The normalized spacial score (nSPS) is 10.3. The Balaban J connectivity index is 2.44. The molecule has 78 valence electrons. The standard InChI is InChI=1S/C10H11N3OS/c1-14-10-9(12-4-5-13-10)8-3-2-7(6-11)15-8/h2-5H,6,11H2,1H3. The van der Waals surface area contributed by atoms with Crippen LogP contribution in [0.2, 0.25) is 0 Å². The van der Waals surface area contributed by atoms with Gasteiger partial charge in [0, 0.05) is 23.8 Å². The molecular formula is C10H11N3OS. The van der Waals surface area contributed by atoms with Crippen molar-refractivity contribution in [1.82, 2.24) is 9.97 Å². The average Bonchev–Trinajstić information content (AvgIpc) is 2.77. The van der Waals surface area contributed by atoms with E-state index in [2.05, 4.69) is 9.97 Å². The van der Waals surface area contributed by atoms with Crippen molar-refractivity contribution < 1.29 is 4.74 Å². The Hall–Kier alpha value is -1.46. The number of aromatic nitrogens is 2. The summed E-state index contributed by atoms with van der Waals surface area (Å²) in [6, 6.07) is 3.98. The Morgan fingerprint density at radius 2 is 2.13 bits per heavy atom. The highest BCUT2D eigenvalue weighted by molar-refractivity contribution is 7.15. The van der Waals surface area contributed by atoms with E-state index >= 15 is 0 Å². The Bertz CT molecular complexity index is 455. The maximum absolute atomic E-state index is 5.55. The minimum absolute atomic E-state index is 0.544. The zero-order chi connectivity index (χ0) is 10.7. The van der Waals surface area contributed by atoms with E-state index < -0.39 is 0 Å². The Labute approximate surface area is 91.8 Å². The number of nitrogens with zero attached hydrogens (tertiary/aromatic N) is 2. The molecule has 2 heterocycles. The topological polar surface area (TPSA) is 61.0 Å². The third-order valence-electron chi connectivity index (χ3n) is 1.95. The van der Waals surface area contributed by atoms with Crippen LogP contribution in [-0.2, 0) is 6.54 Å². The molecule has 2 rings (SSSR count). The van der Waals surface area contributed by atoms with Gasteiger partial charge in [0.25, 0.3) is 0 Å². The van der Waals surface area contributed by atoms with Crippen molar-refractivity contribution in [3.8, 4) is 16.5 Å². The maximum Gasteiger partial charge on any atom is 0.241 e. The van der Waals surface area contributed by atoms with Crippen LogP contribution in [0.15, 0.2) is 24.5 Å². The second kappa shape index (κ2) is 4.37. The second-order valence-corrected chi connectivity index (χ2v) is 4.05. The van der Waals surface area contributed by atoms with Gasteiger partial charge in [0.05, 0.1) is 12.0 Å². The number of hydrogen-bond acceptors (Lipinski definition) is 5. The third-order valence-corrected chi connectivity index (χ3v) is 3.07. The summed E-state index contributed by atoms with van der Waals surface area (Å²) in [5.74, 6) is 0.544. The quantitative estimate of drug-likeness (QED) is 0.856. The zero-order valence-corrected chi connectivity index (χ0v) is 9.12. The first-order valence-electron chi connectivity index (χ1n) is 4.49. The van der Waals surface area contributed by atoms with E-state index in [0.29, 0.717) is 12.4 Å². The van der Waals surface area contributed by atoms with E-state index in [0.717, 1.165) is 15.4 Å². The lowest BCUT2D eigenvalue weighted by molar-refractivity contribution is 0.398. The summed E-state index contributed by atoms with van der Waals surface area (Å²) in [5.41, 5.74) is 6.32. The van der Waals surface area contributed by atoms with Gasteiger partial charge in [-0.3, -0.25) is 0 Å². The molecule has 0 unspecified atom stereocenters. The molecule has 2 aromatic heterocycles. The van der Waals surface area contributed by atoms with Crippen molar-refractivity contribution >= 4 is 11.3 Å². The number of nitrogens with two attached hydrogens (primary N) is 1. The van der Waals surface area contributed by atoms with E-state index in [1.807, 2.05) is 12.1 Å². The van der Waals surface area contributed by atoms with E-state index in [1.165, 1.54) is 0 Å². The van der Waals surface area contributed by atoms with Crippen molar-refractivity contribution in [1.29, 1.82) is 0 Å². The number of thiophene rings is 1. The largest absolute Gasteiger partial charge is 0.479 e. The monoisotopic (exact) mass is 221 g/mol. The molecule has 0 aliphatic heterocycles. The van der Waals surface area contributed by atoms with Crippen LogP contribution < -0.4 is 10.5 Å². The summed E-state index contributed by atoms with van der Waals surface area (Å²) >= 11 is 1.61. The number of methoxy groups -OCH3 is 1. The highest BCUT2D eigenvalue weighted by atomic mass is 32.1. The molecule has 0 bridgehead atoms. The molecule has 2 N–H and O–H groups in total. The van der Waals surface area contributed by atoms with Crippen LogP contribution in [0.5, 0.6) is 5.88 Å². The number of hydrogen-bond donors (Lipinski definition) is 1. The fraction of sp³-hybridized carbons (Fsp3) is 0.200. The number of ether oxygens (including phenoxy) is 1. The van der Waals surface area contributed by atoms with Gasteiger partial charge >= 0.3 is 0 Å². The minimum Gasteiger partial charge on any atom is -0.479 e. The molecule has 0 amide bonds. The van der Waals surface area contributed by atoms with Gasteiger partial charge in [-0.25, -0.2) is 9.97 Å². The van der Waals surface area contributed by atoms with E-state index in [9.17, 15) is 0 Å². The second-order valence-electron chi connectivity index (χ2n) is 2.88. The highest BCUT2D eigenvalue weighted by Gasteiger charge is 2.10.